The molecule has 16 nitrogen and oxygen atoms in total. The summed E-state index contributed by atoms with van der Waals surface area (Å²) >= 11 is 0. The Kier molecular flexibility index (Phi) is 89.6. The normalized spacial score (nSPS) is 14.5. The van der Waals surface area contributed by atoms with Gasteiger partial charge in [0.15, 0.2) is 6.10 Å². The van der Waals surface area contributed by atoms with E-state index in [0.29, 0.717) is 19.3 Å². The summed E-state index contributed by atoms with van der Waals surface area (Å²) in [5.74, 6) is -1.58. The van der Waals surface area contributed by atoms with Gasteiger partial charge in [-0.3, -0.25) is 32.5 Å². The molecule has 0 rings (SSSR count). The molecule has 5 unspecified atom stereocenters. The maximum absolute atomic E-state index is 13.1. The van der Waals surface area contributed by atoms with E-state index in [4.69, 9.17) is 32.3 Å². The number of ether oxygens (including phenoxy) is 3. The quantitative estimate of drug-likeness (QED) is 0.0146. The smallest absolute Gasteiger partial charge is 0.463 e. The van der Waals surface area contributed by atoms with Gasteiger partial charge in [0.25, 0.3) is 0 Å². The van der Waals surface area contributed by atoms with Crippen molar-refractivity contribution in [3.8, 4) is 0 Å². The lowest BCUT2D eigenvalue weighted by atomic mass is 10.0. The lowest BCUT2D eigenvalue weighted by Crippen LogP contribution is -2.30. The molecule has 0 aliphatic heterocycles. The standard InChI is InChI=1S/C103H174O16P2/c1-4-7-10-13-16-19-22-25-28-31-34-37-40-43-45-46-47-48-49-50-52-55-56-59-62-65-68-71-74-77-80-83-86-89-101(106)113-92-98(104)93-115-120(109,110)116-94-99(105)95-117-121(111,112)118-97-100(119-103(108)91-88-85-82-79-76-73-70-67-64-61-58-53-42-39-36-33-30-27-24-21-18-15-12-9-6-3)96-114-102(107)90-87-84-81-78-75-72-69-66-63-60-57-54-51-44-41-38-35-32-29-26-23-20-17-14-11-8-5-2/h7-8,10-11,16-21,25-30,34-39,43-45,47-48,51,53,58,98-100,104-105H,4-6,9,12-15,22-24,31-33,40-42,46,49-50,52,54-57,59-97H2,1-3H3,(H,109,110)(H,111,112)/b10-7-,11-8-,19-16-,20-17-,21-18-,28-25-,29-26-,30-27-,37-34-,38-35-,39-36-,45-43-,48-47-,51-44-,58-53-. The van der Waals surface area contributed by atoms with Crippen LogP contribution in [-0.2, 0) is 55.8 Å². The van der Waals surface area contributed by atoms with Crippen molar-refractivity contribution in [2.24, 2.45) is 0 Å². The van der Waals surface area contributed by atoms with Crippen LogP contribution < -0.4 is 0 Å². The zero-order valence-corrected chi connectivity index (χ0v) is 78.2. The van der Waals surface area contributed by atoms with Gasteiger partial charge in [-0.05, 0) is 161 Å². The summed E-state index contributed by atoms with van der Waals surface area (Å²) in [4.78, 5) is 59.1. The van der Waals surface area contributed by atoms with Crippen molar-refractivity contribution < 1.29 is 75.8 Å². The number of phosphoric ester groups is 2. The zero-order chi connectivity index (χ0) is 87.9. The van der Waals surface area contributed by atoms with E-state index >= 15 is 0 Å². The SMILES string of the molecule is CC/C=C\C/C=C\C/C=C\C/C=C\C/C=C\C/C=C\CCCCCCCCCCCCCCCCC(=O)OCC(O)COP(=O)(O)OCC(O)COP(=O)(O)OCC(COC(=O)CCCCCCCCCCCCC/C=C\C/C=C\C/C=C\C/C=C\C/C=C\CC)OC(=O)CCCCCCCCCCC/C=C\C/C=C\C/C=C\C/C=C\CCCCC. The van der Waals surface area contributed by atoms with E-state index in [1.807, 2.05) is 0 Å². The van der Waals surface area contributed by atoms with E-state index in [2.05, 4.69) is 203 Å². The number of esters is 3. The van der Waals surface area contributed by atoms with Crippen molar-refractivity contribution in [1.82, 2.24) is 0 Å². The number of unbranched alkanes of at least 4 members (excludes halogenated alkanes) is 37. The summed E-state index contributed by atoms with van der Waals surface area (Å²) in [5.41, 5.74) is 0. The minimum absolute atomic E-state index is 0.0925. The number of carbonyl (C=O) groups is 3. The Morgan fingerprint density at radius 2 is 0.438 bits per heavy atom. The molecule has 4 N–H and O–H groups in total. The first-order chi connectivity index (χ1) is 59.2. The zero-order valence-electron chi connectivity index (χ0n) is 76.4. The minimum atomic E-state index is -4.95. The second-order valence-corrected chi connectivity index (χ2v) is 34.7. The van der Waals surface area contributed by atoms with E-state index in [9.17, 15) is 43.5 Å². The predicted molar refractivity (Wildman–Crippen MR) is 509 cm³/mol. The van der Waals surface area contributed by atoms with Crippen molar-refractivity contribution in [2.45, 2.75) is 411 Å². The summed E-state index contributed by atoms with van der Waals surface area (Å²) in [7, 11) is -9.82. The third kappa shape index (κ3) is 95.2. The van der Waals surface area contributed by atoms with Crippen LogP contribution in [0.1, 0.15) is 393 Å². The van der Waals surface area contributed by atoms with Gasteiger partial charge in [0, 0.05) is 19.3 Å². The Balaban J connectivity index is 4.62. The molecule has 0 aromatic carbocycles. The maximum Gasteiger partial charge on any atom is 0.472 e. The highest BCUT2D eigenvalue weighted by Crippen LogP contribution is 2.45. The first-order valence-electron chi connectivity index (χ1n) is 48.1. The summed E-state index contributed by atoms with van der Waals surface area (Å²) in [6.07, 6.45) is 124. The van der Waals surface area contributed by atoms with Crippen molar-refractivity contribution in [3.05, 3.63) is 182 Å². The first kappa shape index (κ1) is 116. The van der Waals surface area contributed by atoms with Crippen LogP contribution in [0.2, 0.25) is 0 Å². The van der Waals surface area contributed by atoms with Crippen LogP contribution in [-0.4, -0.2) is 95.9 Å². The van der Waals surface area contributed by atoms with Crippen LogP contribution in [0.3, 0.4) is 0 Å². The van der Waals surface area contributed by atoms with Crippen LogP contribution in [0.5, 0.6) is 0 Å². The Bertz CT molecular complexity index is 2930. The van der Waals surface area contributed by atoms with Gasteiger partial charge in [-0.2, -0.15) is 0 Å². The Morgan fingerprint density at radius 1 is 0.240 bits per heavy atom. The van der Waals surface area contributed by atoms with Crippen molar-refractivity contribution in [1.29, 1.82) is 0 Å². The molecule has 0 radical (unpaired) electrons. The van der Waals surface area contributed by atoms with Crippen molar-refractivity contribution >= 4 is 33.6 Å². The highest BCUT2D eigenvalue weighted by atomic mass is 31.2. The Hall–Kier alpha value is -5.35. The van der Waals surface area contributed by atoms with Crippen molar-refractivity contribution in [3.63, 3.8) is 0 Å². The van der Waals surface area contributed by atoms with Crippen LogP contribution in [0.25, 0.3) is 0 Å². The number of hydrogen-bond acceptors (Lipinski definition) is 14. The average molecular weight is 1730 g/mol. The van der Waals surface area contributed by atoms with E-state index in [-0.39, 0.29) is 19.3 Å². The molecule has 0 saturated heterocycles. The molecule has 18 heteroatoms. The molecule has 0 fully saturated rings. The van der Waals surface area contributed by atoms with E-state index in [1.165, 1.54) is 154 Å². The monoisotopic (exact) mass is 1730 g/mol. The second-order valence-electron chi connectivity index (χ2n) is 31.8. The molecular formula is C103H174O16P2. The number of allylic oxidation sites excluding steroid dienone is 30. The summed E-state index contributed by atoms with van der Waals surface area (Å²) < 4.78 is 61.6. The van der Waals surface area contributed by atoms with Gasteiger partial charge in [-0.25, -0.2) is 9.13 Å². The summed E-state index contributed by atoms with van der Waals surface area (Å²) in [5, 5.41) is 20.8. The number of aliphatic hydroxyl groups excluding tert-OH is 2. The molecule has 5 atom stereocenters. The predicted octanol–water partition coefficient (Wildman–Crippen LogP) is 30.0. The number of carbonyl (C=O) groups excluding carboxylic acids is 3. The Labute approximate surface area is 738 Å². The molecular weight excluding hydrogens is 1560 g/mol. The van der Waals surface area contributed by atoms with Gasteiger partial charge >= 0.3 is 33.6 Å². The summed E-state index contributed by atoms with van der Waals surface area (Å²) in [6, 6.07) is 0. The number of aliphatic hydroxyl groups is 2. The molecule has 0 aliphatic carbocycles. The van der Waals surface area contributed by atoms with Crippen LogP contribution in [0, 0.1) is 0 Å². The first-order valence-corrected chi connectivity index (χ1v) is 51.1. The van der Waals surface area contributed by atoms with Gasteiger partial charge in [-0.15, -0.1) is 0 Å². The van der Waals surface area contributed by atoms with E-state index in [1.54, 1.807) is 0 Å². The molecule has 0 aliphatic rings. The third-order valence-electron chi connectivity index (χ3n) is 20.1. The third-order valence-corrected chi connectivity index (χ3v) is 22.0. The topological polar surface area (TPSA) is 231 Å². The molecule has 0 heterocycles. The maximum atomic E-state index is 13.1. The fourth-order valence-corrected chi connectivity index (χ4v) is 14.5. The molecule has 0 aromatic rings. The fraction of sp³-hybridized carbons (Fsp3) is 0.680. The van der Waals surface area contributed by atoms with E-state index < -0.39 is 91.5 Å². The molecule has 692 valence electrons. The number of hydrogen-bond donors (Lipinski definition) is 4. The number of rotatable bonds is 90. The van der Waals surface area contributed by atoms with Crippen LogP contribution >= 0.6 is 15.6 Å². The number of phosphoric acid groups is 2. The highest BCUT2D eigenvalue weighted by Gasteiger charge is 2.30. The fourth-order valence-electron chi connectivity index (χ4n) is 12.9. The van der Waals surface area contributed by atoms with Crippen LogP contribution in [0.4, 0.5) is 0 Å². The molecule has 0 bridgehead atoms. The van der Waals surface area contributed by atoms with Gasteiger partial charge in [0.2, 0.25) is 0 Å². The Morgan fingerprint density at radius 3 is 0.694 bits per heavy atom. The van der Waals surface area contributed by atoms with E-state index in [0.717, 1.165) is 180 Å². The largest absolute Gasteiger partial charge is 0.472 e. The van der Waals surface area contributed by atoms with Crippen LogP contribution in [0.15, 0.2) is 182 Å². The lowest BCUT2D eigenvalue weighted by Gasteiger charge is -2.21. The van der Waals surface area contributed by atoms with Crippen molar-refractivity contribution in [2.75, 3.05) is 39.6 Å². The minimum Gasteiger partial charge on any atom is -0.463 e. The van der Waals surface area contributed by atoms with Gasteiger partial charge in [0.05, 0.1) is 26.4 Å². The molecule has 121 heavy (non-hydrogen) atoms. The molecule has 0 amide bonds. The summed E-state index contributed by atoms with van der Waals surface area (Å²) in [6.45, 7) is 2.46. The van der Waals surface area contributed by atoms with Gasteiger partial charge < -0.3 is 34.2 Å². The molecule has 0 saturated carbocycles. The highest BCUT2D eigenvalue weighted by molar-refractivity contribution is 7.47. The van der Waals surface area contributed by atoms with Gasteiger partial charge in [-0.1, -0.05) is 396 Å². The lowest BCUT2D eigenvalue weighted by molar-refractivity contribution is -0.161. The van der Waals surface area contributed by atoms with Gasteiger partial charge in [0.1, 0.15) is 25.4 Å². The molecule has 0 aromatic heterocycles. The molecule has 0 spiro atoms. The average Bonchev–Trinajstić information content (AvgIpc) is 0.908. The second kappa shape index (κ2) is 93.8.